The predicted molar refractivity (Wildman–Crippen MR) is 125 cm³/mol. The maximum absolute atomic E-state index is 15.8. The summed E-state index contributed by atoms with van der Waals surface area (Å²) in [6.07, 6.45) is 6.22. The van der Waals surface area contributed by atoms with Crippen LogP contribution in [0.25, 0.3) is 17.0 Å². The SMILES string of the molecule is O=C(O)/C=C/c1cc(F)c(C2c3[nH]c4ccccc4c3CCN2CC2(F)CCCCC2)c(F)c1. The second kappa shape index (κ2) is 8.95. The Hall–Kier alpha value is -3.06. The first-order chi connectivity index (χ1) is 16.3. The van der Waals surface area contributed by atoms with Gasteiger partial charge in [-0.1, -0.05) is 37.5 Å². The average molecular weight is 469 g/mol. The van der Waals surface area contributed by atoms with E-state index in [9.17, 15) is 4.79 Å². The van der Waals surface area contributed by atoms with Crippen LogP contribution in [-0.2, 0) is 11.2 Å². The Balaban J connectivity index is 1.62. The van der Waals surface area contributed by atoms with E-state index in [1.807, 2.05) is 29.2 Å². The number of para-hydroxylation sites is 1. The van der Waals surface area contributed by atoms with Gasteiger partial charge >= 0.3 is 5.97 Å². The van der Waals surface area contributed by atoms with Crippen LogP contribution in [-0.4, -0.2) is 39.7 Å². The van der Waals surface area contributed by atoms with E-state index in [1.54, 1.807) is 0 Å². The number of aromatic nitrogens is 1. The van der Waals surface area contributed by atoms with E-state index in [-0.39, 0.29) is 17.7 Å². The van der Waals surface area contributed by atoms with Crippen LogP contribution in [0.3, 0.4) is 0 Å². The third-order valence-electron chi connectivity index (χ3n) is 7.16. The van der Waals surface area contributed by atoms with Crippen LogP contribution in [0.5, 0.6) is 0 Å². The van der Waals surface area contributed by atoms with Crippen molar-refractivity contribution < 1.29 is 23.1 Å². The molecule has 7 heteroatoms. The Morgan fingerprint density at radius 1 is 1.15 bits per heavy atom. The molecule has 1 aliphatic carbocycles. The minimum Gasteiger partial charge on any atom is -0.478 e. The van der Waals surface area contributed by atoms with E-state index in [0.717, 1.165) is 60.0 Å². The average Bonchev–Trinajstić information content (AvgIpc) is 3.17. The highest BCUT2D eigenvalue weighted by atomic mass is 19.1. The van der Waals surface area contributed by atoms with Crippen molar-refractivity contribution in [2.45, 2.75) is 50.2 Å². The number of nitrogens with zero attached hydrogens (tertiary/aromatic N) is 1. The van der Waals surface area contributed by atoms with Gasteiger partial charge in [0, 0.05) is 41.3 Å². The molecule has 0 amide bonds. The maximum atomic E-state index is 15.8. The van der Waals surface area contributed by atoms with Crippen molar-refractivity contribution in [1.82, 2.24) is 9.88 Å². The predicted octanol–water partition coefficient (Wildman–Crippen LogP) is 6.16. The molecule has 2 heterocycles. The van der Waals surface area contributed by atoms with Gasteiger partial charge in [-0.15, -0.1) is 0 Å². The van der Waals surface area contributed by atoms with Gasteiger partial charge in [-0.25, -0.2) is 18.0 Å². The summed E-state index contributed by atoms with van der Waals surface area (Å²) in [5, 5.41) is 9.86. The summed E-state index contributed by atoms with van der Waals surface area (Å²) in [4.78, 5) is 16.1. The molecule has 2 N–H and O–H groups in total. The van der Waals surface area contributed by atoms with Gasteiger partial charge in [0.15, 0.2) is 0 Å². The highest BCUT2D eigenvalue weighted by molar-refractivity contribution is 5.86. The molecule has 0 saturated heterocycles. The summed E-state index contributed by atoms with van der Waals surface area (Å²) in [7, 11) is 0. The van der Waals surface area contributed by atoms with Crippen molar-refractivity contribution in [1.29, 1.82) is 0 Å². The number of halogens is 3. The first-order valence-corrected chi connectivity index (χ1v) is 11.8. The number of H-pyrrole nitrogens is 1. The van der Waals surface area contributed by atoms with Crippen molar-refractivity contribution in [2.24, 2.45) is 0 Å². The third-order valence-corrected chi connectivity index (χ3v) is 7.16. The summed E-state index contributed by atoms with van der Waals surface area (Å²) >= 11 is 0. The number of aliphatic carboxylic acids is 1. The molecule has 1 fully saturated rings. The number of nitrogens with one attached hydrogen (secondary N) is 1. The molecule has 1 saturated carbocycles. The van der Waals surface area contributed by atoms with E-state index in [2.05, 4.69) is 4.98 Å². The first kappa shape index (κ1) is 22.7. The van der Waals surface area contributed by atoms with Gasteiger partial charge < -0.3 is 10.1 Å². The van der Waals surface area contributed by atoms with Gasteiger partial charge in [0.2, 0.25) is 0 Å². The van der Waals surface area contributed by atoms with Crippen molar-refractivity contribution in [3.8, 4) is 0 Å². The zero-order chi connectivity index (χ0) is 23.9. The van der Waals surface area contributed by atoms with Crippen LogP contribution in [0.15, 0.2) is 42.5 Å². The number of aromatic amines is 1. The van der Waals surface area contributed by atoms with Crippen molar-refractivity contribution in [3.05, 3.63) is 76.5 Å². The van der Waals surface area contributed by atoms with Crippen LogP contribution < -0.4 is 0 Å². The van der Waals surface area contributed by atoms with Crippen molar-refractivity contribution in [3.63, 3.8) is 0 Å². The Morgan fingerprint density at radius 3 is 2.56 bits per heavy atom. The number of benzene rings is 2. The number of alkyl halides is 1. The Labute approximate surface area is 196 Å². The lowest BCUT2D eigenvalue weighted by Crippen LogP contribution is -2.46. The van der Waals surface area contributed by atoms with Crippen LogP contribution >= 0.6 is 0 Å². The monoisotopic (exact) mass is 468 g/mol. The number of carbonyl (C=O) groups is 1. The number of carboxylic acids is 1. The van der Waals surface area contributed by atoms with Gasteiger partial charge in [0.1, 0.15) is 17.3 Å². The zero-order valence-corrected chi connectivity index (χ0v) is 18.8. The summed E-state index contributed by atoms with van der Waals surface area (Å²) in [6.45, 7) is 0.608. The standard InChI is InChI=1S/C27H27F3N2O2/c28-20-14-17(8-9-23(33)34)15-21(29)24(20)26-25-19(18-6-2-3-7-22(18)31-25)10-13-32(26)16-27(30)11-4-1-5-12-27/h2-3,6-9,14-15,26,31H,1,4-5,10-13,16H2,(H,33,34)/b9-8+. The lowest BCUT2D eigenvalue weighted by molar-refractivity contribution is -0.131. The molecule has 3 aromatic rings. The van der Waals surface area contributed by atoms with Gasteiger partial charge in [-0.05, 0) is 54.7 Å². The van der Waals surface area contributed by atoms with Gasteiger partial charge in [-0.2, -0.15) is 0 Å². The van der Waals surface area contributed by atoms with E-state index >= 15 is 13.2 Å². The molecule has 178 valence electrons. The van der Waals surface area contributed by atoms with Crippen molar-refractivity contribution in [2.75, 3.05) is 13.1 Å². The smallest absolute Gasteiger partial charge is 0.328 e. The van der Waals surface area contributed by atoms with Gasteiger partial charge in [0.25, 0.3) is 0 Å². The van der Waals surface area contributed by atoms with E-state index in [1.165, 1.54) is 0 Å². The molecule has 5 rings (SSSR count). The minimum absolute atomic E-state index is 0.117. The summed E-state index contributed by atoms with van der Waals surface area (Å²) in [5.41, 5.74) is 1.18. The summed E-state index contributed by atoms with van der Waals surface area (Å²) < 4.78 is 46.7. The highest BCUT2D eigenvalue weighted by Crippen LogP contribution is 2.43. The molecule has 1 aromatic heterocycles. The minimum atomic E-state index is -1.38. The fraction of sp³-hybridized carbons (Fsp3) is 0.370. The molecule has 1 atom stereocenters. The normalized spacial score (nSPS) is 20.6. The molecule has 0 bridgehead atoms. The van der Waals surface area contributed by atoms with Crippen LogP contribution in [0, 0.1) is 11.6 Å². The second-order valence-corrected chi connectivity index (χ2v) is 9.47. The lowest BCUT2D eigenvalue weighted by atomic mass is 9.84. The highest BCUT2D eigenvalue weighted by Gasteiger charge is 2.41. The molecule has 0 spiro atoms. The fourth-order valence-electron chi connectivity index (χ4n) is 5.62. The van der Waals surface area contributed by atoms with Crippen LogP contribution in [0.1, 0.15) is 60.5 Å². The zero-order valence-electron chi connectivity index (χ0n) is 18.8. The number of hydrogen-bond acceptors (Lipinski definition) is 2. The van der Waals surface area contributed by atoms with Crippen molar-refractivity contribution >= 4 is 22.9 Å². The Morgan fingerprint density at radius 2 is 1.85 bits per heavy atom. The summed E-state index contributed by atoms with van der Waals surface area (Å²) in [6, 6.07) is 9.23. The number of fused-ring (bicyclic) bond motifs is 3. The van der Waals surface area contributed by atoms with E-state index in [4.69, 9.17) is 5.11 Å². The molecule has 34 heavy (non-hydrogen) atoms. The number of hydrogen-bond donors (Lipinski definition) is 2. The molecular formula is C27H27F3N2O2. The largest absolute Gasteiger partial charge is 0.478 e. The van der Waals surface area contributed by atoms with Gasteiger partial charge in [-0.3, -0.25) is 4.90 Å². The molecule has 0 radical (unpaired) electrons. The number of carboxylic acid groups (broad SMARTS) is 1. The lowest BCUT2D eigenvalue weighted by Gasteiger charge is -2.41. The maximum Gasteiger partial charge on any atom is 0.328 e. The first-order valence-electron chi connectivity index (χ1n) is 11.8. The summed E-state index contributed by atoms with van der Waals surface area (Å²) in [5.74, 6) is -2.75. The number of rotatable bonds is 5. The van der Waals surface area contributed by atoms with E-state index in [0.29, 0.717) is 31.5 Å². The molecule has 1 aliphatic heterocycles. The topological polar surface area (TPSA) is 56.3 Å². The molecule has 2 aliphatic rings. The molecule has 1 unspecified atom stereocenters. The Kier molecular flexibility index (Phi) is 5.98. The van der Waals surface area contributed by atoms with E-state index < -0.39 is 29.3 Å². The molecule has 4 nitrogen and oxygen atoms in total. The second-order valence-electron chi connectivity index (χ2n) is 9.47. The fourth-order valence-corrected chi connectivity index (χ4v) is 5.62. The van der Waals surface area contributed by atoms with Crippen LogP contribution in [0.4, 0.5) is 13.2 Å². The molecular weight excluding hydrogens is 441 g/mol. The third kappa shape index (κ3) is 4.25. The van der Waals surface area contributed by atoms with Gasteiger partial charge in [0.05, 0.1) is 6.04 Å². The van der Waals surface area contributed by atoms with Crippen LogP contribution in [0.2, 0.25) is 0 Å². The quantitative estimate of drug-likeness (QED) is 0.441. The Bertz CT molecular complexity index is 1240. The molecule has 2 aromatic carbocycles.